The van der Waals surface area contributed by atoms with Gasteiger partial charge in [0.2, 0.25) is 0 Å². The molecule has 6 rings (SSSR count). The second kappa shape index (κ2) is 9.13. The fraction of sp³-hybridized carbons (Fsp3) is 0. The van der Waals surface area contributed by atoms with Crippen molar-refractivity contribution in [1.82, 2.24) is 0 Å². The molecule has 210 valence electrons. The van der Waals surface area contributed by atoms with Gasteiger partial charge in [0.1, 0.15) is 56.5 Å². The van der Waals surface area contributed by atoms with Gasteiger partial charge in [0.05, 0.1) is 5.56 Å². The summed E-state index contributed by atoms with van der Waals surface area (Å²) in [5.41, 5.74) is -2.91. The van der Waals surface area contributed by atoms with Crippen molar-refractivity contribution < 1.29 is 49.7 Å². The third-order valence-electron chi connectivity index (χ3n) is 6.70. The van der Waals surface area contributed by atoms with Crippen molar-refractivity contribution in [3.63, 3.8) is 0 Å². The van der Waals surface area contributed by atoms with Gasteiger partial charge in [-0.25, -0.2) is 0 Å². The van der Waals surface area contributed by atoms with Gasteiger partial charge in [-0.05, 0) is 30.3 Å². The Kier molecular flexibility index (Phi) is 5.64. The monoisotopic (exact) mass is 570 g/mol. The van der Waals surface area contributed by atoms with Crippen LogP contribution in [0, 0.1) is 0 Å². The Bertz CT molecular complexity index is 2230. The highest BCUT2D eigenvalue weighted by Gasteiger charge is 2.27. The number of rotatable bonds is 3. The summed E-state index contributed by atoms with van der Waals surface area (Å²) in [7, 11) is 0. The molecule has 6 aromatic rings. The van der Waals surface area contributed by atoms with Crippen LogP contribution in [0.4, 0.5) is 0 Å². The van der Waals surface area contributed by atoms with Crippen LogP contribution in [-0.2, 0) is 0 Å². The number of phenolic OH excluding ortho intramolecular Hbond substituents is 8. The molecule has 12 nitrogen and oxygen atoms in total. The number of benzene rings is 4. The Morgan fingerprint density at radius 3 is 1.86 bits per heavy atom. The quantitative estimate of drug-likeness (QED) is 0.137. The van der Waals surface area contributed by atoms with Crippen LogP contribution in [0.25, 0.3) is 55.7 Å². The van der Waals surface area contributed by atoms with Crippen LogP contribution in [0.2, 0.25) is 0 Å². The maximum absolute atomic E-state index is 13.2. The molecule has 0 spiro atoms. The van der Waals surface area contributed by atoms with E-state index in [0.717, 1.165) is 42.5 Å². The molecule has 0 saturated carbocycles. The molecule has 0 aliphatic heterocycles. The van der Waals surface area contributed by atoms with Gasteiger partial charge in [-0.15, -0.1) is 0 Å². The Morgan fingerprint density at radius 1 is 0.476 bits per heavy atom. The molecule has 0 bridgehead atoms. The van der Waals surface area contributed by atoms with E-state index in [2.05, 4.69) is 0 Å². The van der Waals surface area contributed by atoms with Gasteiger partial charge in [-0.2, -0.15) is 0 Å². The first kappa shape index (κ1) is 26.0. The average molecular weight is 570 g/mol. The van der Waals surface area contributed by atoms with E-state index in [9.17, 15) is 50.4 Å². The molecule has 2 heterocycles. The maximum atomic E-state index is 13.2. The van der Waals surface area contributed by atoms with Crippen molar-refractivity contribution in [2.75, 3.05) is 0 Å². The first-order chi connectivity index (χ1) is 19.9. The molecule has 0 amide bonds. The van der Waals surface area contributed by atoms with E-state index >= 15 is 0 Å². The fourth-order valence-corrected chi connectivity index (χ4v) is 4.78. The second-order valence-electron chi connectivity index (χ2n) is 9.34. The largest absolute Gasteiger partial charge is 0.508 e. The maximum Gasteiger partial charge on any atom is 0.197 e. The van der Waals surface area contributed by atoms with Crippen LogP contribution in [0.3, 0.4) is 0 Å². The zero-order valence-electron chi connectivity index (χ0n) is 21.0. The molecule has 12 heteroatoms. The van der Waals surface area contributed by atoms with Crippen LogP contribution >= 0.6 is 0 Å². The third-order valence-corrected chi connectivity index (χ3v) is 6.70. The van der Waals surface area contributed by atoms with E-state index in [0.29, 0.717) is 0 Å². The summed E-state index contributed by atoms with van der Waals surface area (Å²) >= 11 is 0. The fourth-order valence-electron chi connectivity index (χ4n) is 4.78. The summed E-state index contributed by atoms with van der Waals surface area (Å²) in [6.07, 6.45) is 0. The van der Waals surface area contributed by atoms with Crippen molar-refractivity contribution in [3.8, 4) is 79.8 Å². The number of fused-ring (bicyclic) bond motifs is 2. The Balaban J connectivity index is 1.62. The molecule has 4 aromatic carbocycles. The van der Waals surface area contributed by atoms with Crippen LogP contribution in [-0.4, -0.2) is 40.9 Å². The number of phenols is 8. The van der Waals surface area contributed by atoms with Gasteiger partial charge in [0, 0.05) is 47.0 Å². The molecular weight excluding hydrogens is 552 g/mol. The summed E-state index contributed by atoms with van der Waals surface area (Å²) in [5, 5.41) is 82.1. The Morgan fingerprint density at radius 2 is 1.12 bits per heavy atom. The predicted molar refractivity (Wildman–Crippen MR) is 148 cm³/mol. The molecule has 0 saturated heterocycles. The smallest absolute Gasteiger partial charge is 0.197 e. The van der Waals surface area contributed by atoms with Gasteiger partial charge in [-0.1, -0.05) is 0 Å². The average Bonchev–Trinajstić information content (AvgIpc) is 2.91. The molecule has 0 unspecified atom stereocenters. The zero-order valence-corrected chi connectivity index (χ0v) is 21.0. The summed E-state index contributed by atoms with van der Waals surface area (Å²) in [6, 6.07) is 10.9. The van der Waals surface area contributed by atoms with Crippen molar-refractivity contribution in [2.45, 2.75) is 0 Å². The summed E-state index contributed by atoms with van der Waals surface area (Å²) in [4.78, 5) is 26.0. The van der Waals surface area contributed by atoms with E-state index in [1.807, 2.05) is 0 Å². The highest BCUT2D eigenvalue weighted by molar-refractivity contribution is 6.01. The van der Waals surface area contributed by atoms with E-state index in [1.165, 1.54) is 18.2 Å². The Labute approximate surface area is 232 Å². The first-order valence-electron chi connectivity index (χ1n) is 12.0. The van der Waals surface area contributed by atoms with Gasteiger partial charge in [-0.3, -0.25) is 9.59 Å². The molecule has 0 fully saturated rings. The third kappa shape index (κ3) is 3.93. The molecule has 0 aliphatic rings. The predicted octanol–water partition coefficient (Wildman–Crippen LogP) is 4.55. The standard InChI is InChI=1S/C30H18O12/c31-12-6-17(35)26-18(36)9-22(42-23(26)7-12)13-2-4-15(33)29(39)25(13)28-20(38)10-24-27(30(28)40)19(37)8-21(41-24)11-1-3-14(32)16(34)5-11/h1-10,31-35,38-40H. The van der Waals surface area contributed by atoms with Crippen LogP contribution in [0.5, 0.6) is 46.0 Å². The first-order valence-corrected chi connectivity index (χ1v) is 12.0. The van der Waals surface area contributed by atoms with Gasteiger partial charge < -0.3 is 49.7 Å². The second-order valence-corrected chi connectivity index (χ2v) is 9.34. The van der Waals surface area contributed by atoms with Gasteiger partial charge >= 0.3 is 0 Å². The molecule has 8 N–H and O–H groups in total. The van der Waals surface area contributed by atoms with E-state index in [4.69, 9.17) is 8.83 Å². The molecule has 0 radical (unpaired) electrons. The summed E-state index contributed by atoms with van der Waals surface area (Å²) in [6.45, 7) is 0. The molecule has 2 aromatic heterocycles. The lowest BCUT2D eigenvalue weighted by Crippen LogP contribution is -2.03. The molecular formula is C30H18O12. The van der Waals surface area contributed by atoms with E-state index < -0.39 is 73.4 Å². The van der Waals surface area contributed by atoms with Crippen molar-refractivity contribution in [2.24, 2.45) is 0 Å². The lowest BCUT2D eigenvalue weighted by atomic mass is 9.93. The lowest BCUT2D eigenvalue weighted by molar-refractivity contribution is 0.403. The van der Waals surface area contributed by atoms with Crippen molar-refractivity contribution in [1.29, 1.82) is 0 Å². The van der Waals surface area contributed by atoms with Crippen LogP contribution in [0.1, 0.15) is 0 Å². The number of hydrogen-bond donors (Lipinski definition) is 8. The minimum atomic E-state index is -0.848. The van der Waals surface area contributed by atoms with Crippen LogP contribution < -0.4 is 10.9 Å². The summed E-state index contributed by atoms with van der Waals surface area (Å²) < 4.78 is 11.4. The minimum Gasteiger partial charge on any atom is -0.508 e. The zero-order chi connectivity index (χ0) is 30.0. The van der Waals surface area contributed by atoms with Crippen molar-refractivity contribution in [3.05, 3.63) is 81.1 Å². The lowest BCUT2D eigenvalue weighted by Gasteiger charge is -2.16. The van der Waals surface area contributed by atoms with Crippen LogP contribution in [0.15, 0.2) is 79.1 Å². The number of hydrogen-bond acceptors (Lipinski definition) is 12. The SMILES string of the molecule is O=c1cc(-c2ccc(O)c(O)c2-c2c(O)cc3oc(-c4ccc(O)c(O)c4)cc(=O)c3c2O)oc2cc(O)cc(O)c12. The normalized spacial score (nSPS) is 11.3. The highest BCUT2D eigenvalue weighted by atomic mass is 16.3. The van der Waals surface area contributed by atoms with Crippen molar-refractivity contribution >= 4 is 21.9 Å². The van der Waals surface area contributed by atoms with Gasteiger partial charge in [0.25, 0.3) is 0 Å². The topological polar surface area (TPSA) is 222 Å². The highest BCUT2D eigenvalue weighted by Crippen LogP contribution is 2.51. The molecule has 0 atom stereocenters. The minimum absolute atomic E-state index is 0.0697. The van der Waals surface area contributed by atoms with E-state index in [1.54, 1.807) is 0 Å². The Hall–Kier alpha value is -6.30. The van der Waals surface area contributed by atoms with E-state index in [-0.39, 0.29) is 39.2 Å². The number of aromatic hydroxyl groups is 8. The molecule has 42 heavy (non-hydrogen) atoms. The molecule has 0 aliphatic carbocycles. The summed E-state index contributed by atoms with van der Waals surface area (Å²) in [5.74, 6) is -5.25. The van der Waals surface area contributed by atoms with Gasteiger partial charge in [0.15, 0.2) is 33.9 Å².